The summed E-state index contributed by atoms with van der Waals surface area (Å²) in [6, 6.07) is 5.05. The molecule has 0 aliphatic carbocycles. The molecule has 0 bridgehead atoms. The summed E-state index contributed by atoms with van der Waals surface area (Å²) in [5.41, 5.74) is 6.51. The highest BCUT2D eigenvalue weighted by atomic mass is 35.5. The number of hydrogen-bond donors (Lipinski definition) is 2. The molecule has 0 atom stereocenters. The van der Waals surface area contributed by atoms with E-state index >= 15 is 0 Å². The van der Waals surface area contributed by atoms with Crippen LogP contribution in [-0.4, -0.2) is 12.5 Å². The van der Waals surface area contributed by atoms with Crippen molar-refractivity contribution in [3.63, 3.8) is 0 Å². The van der Waals surface area contributed by atoms with Crippen LogP contribution < -0.4 is 11.1 Å². The van der Waals surface area contributed by atoms with Crippen molar-refractivity contribution in [1.82, 2.24) is 0 Å². The number of halogens is 1. The lowest BCUT2D eigenvalue weighted by Gasteiger charge is -2.09. The molecule has 0 saturated carbocycles. The molecule has 3 N–H and O–H groups in total. The zero-order valence-electron chi connectivity index (χ0n) is 11.5. The number of carbonyl (C=O) groups excluding carboxylic acids is 1. The molecule has 0 aliphatic rings. The van der Waals surface area contributed by atoms with Crippen LogP contribution in [0.15, 0.2) is 18.2 Å². The minimum atomic E-state index is -0.431. The number of primary amides is 1. The van der Waals surface area contributed by atoms with E-state index in [4.69, 9.17) is 17.3 Å². The van der Waals surface area contributed by atoms with Gasteiger partial charge in [0.25, 0.3) is 0 Å². The maximum absolute atomic E-state index is 11.1. The molecule has 0 heterocycles. The molecule has 1 rings (SSSR count). The van der Waals surface area contributed by atoms with Crippen LogP contribution in [0.4, 0.5) is 5.69 Å². The third-order valence-corrected chi connectivity index (χ3v) is 3.43. The minimum absolute atomic E-state index is 0.431. The van der Waals surface area contributed by atoms with Crippen molar-refractivity contribution in [2.75, 3.05) is 11.9 Å². The Bertz CT molecular complexity index is 407. The molecule has 4 heteroatoms. The van der Waals surface area contributed by atoms with E-state index in [-0.39, 0.29) is 0 Å². The smallest absolute Gasteiger partial charge is 0.248 e. The van der Waals surface area contributed by atoms with Crippen LogP contribution in [0, 0.1) is 0 Å². The maximum atomic E-state index is 11.1. The third kappa shape index (κ3) is 5.97. The summed E-state index contributed by atoms with van der Waals surface area (Å²) >= 11 is 6.07. The van der Waals surface area contributed by atoms with Crippen molar-refractivity contribution in [3.05, 3.63) is 28.8 Å². The number of amides is 1. The van der Waals surface area contributed by atoms with E-state index in [1.807, 2.05) is 0 Å². The molecule has 1 aromatic carbocycles. The Morgan fingerprint density at radius 2 is 1.89 bits per heavy atom. The summed E-state index contributed by atoms with van der Waals surface area (Å²) in [6.07, 6.45) is 7.52. The number of hydrogen-bond acceptors (Lipinski definition) is 2. The van der Waals surface area contributed by atoms with Crippen LogP contribution in [0.2, 0.25) is 5.02 Å². The topological polar surface area (TPSA) is 55.1 Å². The van der Waals surface area contributed by atoms with Crippen molar-refractivity contribution in [2.45, 2.75) is 45.4 Å². The van der Waals surface area contributed by atoms with Gasteiger partial charge in [-0.3, -0.25) is 4.79 Å². The first-order valence-corrected chi connectivity index (χ1v) is 7.36. The number of carbonyl (C=O) groups is 1. The first-order chi connectivity index (χ1) is 9.15. The molecule has 0 fully saturated rings. The number of nitrogens with two attached hydrogens (primary N) is 1. The van der Waals surface area contributed by atoms with Crippen molar-refractivity contribution in [1.29, 1.82) is 0 Å². The highest BCUT2D eigenvalue weighted by Gasteiger charge is 2.05. The van der Waals surface area contributed by atoms with E-state index in [0.29, 0.717) is 10.6 Å². The second kappa shape index (κ2) is 8.81. The zero-order valence-corrected chi connectivity index (χ0v) is 12.3. The van der Waals surface area contributed by atoms with E-state index in [1.165, 1.54) is 32.1 Å². The van der Waals surface area contributed by atoms with Gasteiger partial charge in [0, 0.05) is 12.1 Å². The third-order valence-electron chi connectivity index (χ3n) is 3.10. The molecule has 106 valence electrons. The normalized spacial score (nSPS) is 10.4. The Labute approximate surface area is 120 Å². The Hall–Kier alpha value is -1.22. The minimum Gasteiger partial charge on any atom is -0.384 e. The lowest BCUT2D eigenvalue weighted by molar-refractivity contribution is 0.100. The van der Waals surface area contributed by atoms with Gasteiger partial charge in [-0.25, -0.2) is 0 Å². The van der Waals surface area contributed by atoms with Crippen molar-refractivity contribution >= 4 is 23.2 Å². The summed E-state index contributed by atoms with van der Waals surface area (Å²) in [5, 5.41) is 3.88. The average Bonchev–Trinajstić information content (AvgIpc) is 2.39. The fourth-order valence-electron chi connectivity index (χ4n) is 1.94. The lowest BCUT2D eigenvalue weighted by atomic mass is 10.1. The van der Waals surface area contributed by atoms with Gasteiger partial charge in [0.2, 0.25) is 5.91 Å². The molecule has 0 spiro atoms. The van der Waals surface area contributed by atoms with Gasteiger partial charge >= 0.3 is 0 Å². The molecule has 1 aromatic rings. The molecule has 3 nitrogen and oxygen atoms in total. The lowest BCUT2D eigenvalue weighted by Crippen LogP contribution is -2.11. The molecule has 0 radical (unpaired) electrons. The van der Waals surface area contributed by atoms with E-state index in [0.717, 1.165) is 18.7 Å². The highest BCUT2D eigenvalue weighted by Crippen LogP contribution is 2.23. The van der Waals surface area contributed by atoms with Crippen molar-refractivity contribution in [3.8, 4) is 0 Å². The number of nitrogens with one attached hydrogen (secondary N) is 1. The fourth-order valence-corrected chi connectivity index (χ4v) is 2.13. The van der Waals surface area contributed by atoms with Crippen LogP contribution in [0.1, 0.15) is 55.8 Å². The first kappa shape index (κ1) is 15.8. The second-order valence-electron chi connectivity index (χ2n) is 4.75. The standard InChI is InChI=1S/C15H23ClN2O/c1-2-3-4-5-6-7-10-18-14-11-12(15(17)19)8-9-13(14)16/h8-9,11,18H,2-7,10H2,1H3,(H2,17,19). The molecule has 19 heavy (non-hydrogen) atoms. The van der Waals surface area contributed by atoms with Gasteiger partial charge in [0.1, 0.15) is 0 Å². The number of rotatable bonds is 9. The largest absolute Gasteiger partial charge is 0.384 e. The summed E-state index contributed by atoms with van der Waals surface area (Å²) in [5.74, 6) is -0.431. The summed E-state index contributed by atoms with van der Waals surface area (Å²) in [7, 11) is 0. The summed E-state index contributed by atoms with van der Waals surface area (Å²) < 4.78 is 0. The van der Waals surface area contributed by atoms with Crippen molar-refractivity contribution < 1.29 is 4.79 Å². The average molecular weight is 283 g/mol. The van der Waals surface area contributed by atoms with Crippen LogP contribution in [0.5, 0.6) is 0 Å². The Kier molecular flexibility index (Phi) is 7.34. The molecule has 0 unspecified atom stereocenters. The van der Waals surface area contributed by atoms with E-state index in [1.54, 1.807) is 18.2 Å². The Morgan fingerprint density at radius 3 is 2.58 bits per heavy atom. The monoisotopic (exact) mass is 282 g/mol. The molecular weight excluding hydrogens is 260 g/mol. The van der Waals surface area contributed by atoms with Gasteiger partial charge in [0.05, 0.1) is 10.7 Å². The quantitative estimate of drug-likeness (QED) is 0.667. The number of anilines is 1. The highest BCUT2D eigenvalue weighted by molar-refractivity contribution is 6.33. The second-order valence-corrected chi connectivity index (χ2v) is 5.16. The number of unbranched alkanes of at least 4 members (excludes halogenated alkanes) is 5. The van der Waals surface area contributed by atoms with Gasteiger partial charge in [-0.1, -0.05) is 50.6 Å². The molecule has 0 aromatic heterocycles. The van der Waals surface area contributed by atoms with Crippen LogP contribution in [0.3, 0.4) is 0 Å². The SMILES string of the molecule is CCCCCCCCNc1cc(C(N)=O)ccc1Cl. The summed E-state index contributed by atoms with van der Waals surface area (Å²) in [4.78, 5) is 11.1. The van der Waals surface area contributed by atoms with Crippen molar-refractivity contribution in [2.24, 2.45) is 5.73 Å². The van der Waals surface area contributed by atoms with Crippen LogP contribution in [-0.2, 0) is 0 Å². The Morgan fingerprint density at radius 1 is 1.21 bits per heavy atom. The Balaban J connectivity index is 2.32. The zero-order chi connectivity index (χ0) is 14.1. The van der Waals surface area contributed by atoms with E-state index < -0.39 is 5.91 Å². The van der Waals surface area contributed by atoms with Gasteiger partial charge in [-0.05, 0) is 24.6 Å². The molecule has 0 saturated heterocycles. The van der Waals surface area contributed by atoms with Crippen LogP contribution >= 0.6 is 11.6 Å². The van der Waals surface area contributed by atoms with E-state index in [2.05, 4.69) is 12.2 Å². The predicted octanol–water partition coefficient (Wildman–Crippen LogP) is 4.21. The summed E-state index contributed by atoms with van der Waals surface area (Å²) in [6.45, 7) is 3.09. The van der Waals surface area contributed by atoms with E-state index in [9.17, 15) is 4.79 Å². The predicted molar refractivity (Wildman–Crippen MR) is 81.8 cm³/mol. The van der Waals surface area contributed by atoms with Gasteiger partial charge in [-0.2, -0.15) is 0 Å². The van der Waals surface area contributed by atoms with Gasteiger partial charge in [0.15, 0.2) is 0 Å². The molecular formula is C15H23ClN2O. The number of benzene rings is 1. The van der Waals surface area contributed by atoms with Gasteiger partial charge < -0.3 is 11.1 Å². The molecule has 1 amide bonds. The maximum Gasteiger partial charge on any atom is 0.248 e. The van der Waals surface area contributed by atoms with Gasteiger partial charge in [-0.15, -0.1) is 0 Å². The first-order valence-electron chi connectivity index (χ1n) is 6.98. The fraction of sp³-hybridized carbons (Fsp3) is 0.533. The van der Waals surface area contributed by atoms with Crippen LogP contribution in [0.25, 0.3) is 0 Å². The molecule has 0 aliphatic heterocycles.